The van der Waals surface area contributed by atoms with Gasteiger partial charge in [0.15, 0.2) is 5.65 Å². The van der Waals surface area contributed by atoms with Crippen LogP contribution in [0.3, 0.4) is 0 Å². The number of nitrogens with one attached hydrogen (secondary N) is 1. The lowest BCUT2D eigenvalue weighted by atomic mass is 10.2. The number of hydrogen-bond donors (Lipinski definition) is 1. The smallest absolute Gasteiger partial charge is 0.157 e. The summed E-state index contributed by atoms with van der Waals surface area (Å²) >= 11 is 1.78. The molecule has 104 valence electrons. The molecule has 20 heavy (non-hydrogen) atoms. The fourth-order valence-corrected chi connectivity index (χ4v) is 3.12. The molecule has 3 rings (SSSR count). The molecule has 1 atom stereocenters. The van der Waals surface area contributed by atoms with Gasteiger partial charge >= 0.3 is 0 Å². The van der Waals surface area contributed by atoms with Crippen LogP contribution in [0.5, 0.6) is 0 Å². The zero-order valence-corrected chi connectivity index (χ0v) is 12.7. The highest BCUT2D eigenvalue weighted by Gasteiger charge is 2.09. The molecular formula is C15H18N4S. The van der Waals surface area contributed by atoms with Crippen molar-refractivity contribution in [1.82, 2.24) is 20.1 Å². The van der Waals surface area contributed by atoms with Gasteiger partial charge in [-0.3, -0.25) is 4.68 Å². The fourth-order valence-electron chi connectivity index (χ4n) is 2.36. The first-order chi connectivity index (χ1) is 9.65. The summed E-state index contributed by atoms with van der Waals surface area (Å²) in [5.41, 5.74) is 3.16. The molecule has 5 heteroatoms. The van der Waals surface area contributed by atoms with Crippen molar-refractivity contribution in [2.75, 3.05) is 0 Å². The molecule has 0 amide bonds. The molecule has 4 nitrogen and oxygen atoms in total. The lowest BCUT2D eigenvalue weighted by Gasteiger charge is -2.12. The van der Waals surface area contributed by atoms with Crippen LogP contribution in [0.1, 0.15) is 29.1 Å². The Hall–Kier alpha value is -1.72. The second-order valence-electron chi connectivity index (χ2n) is 5.04. The molecular weight excluding hydrogens is 268 g/mol. The van der Waals surface area contributed by atoms with E-state index >= 15 is 0 Å². The van der Waals surface area contributed by atoms with E-state index < -0.39 is 0 Å². The standard InChI is InChI=1S/C15H18N4S/c1-10-13-7-12(9-17-15(13)19(3)18-10)8-16-11(2)14-5-4-6-20-14/h4-7,9,11,16H,8H2,1-3H3/t11-/m0/s1. The molecule has 0 radical (unpaired) electrons. The van der Waals surface area contributed by atoms with Gasteiger partial charge in [-0.25, -0.2) is 4.98 Å². The summed E-state index contributed by atoms with van der Waals surface area (Å²) in [7, 11) is 1.93. The predicted molar refractivity (Wildman–Crippen MR) is 82.8 cm³/mol. The van der Waals surface area contributed by atoms with Gasteiger partial charge in [0.05, 0.1) is 5.69 Å². The van der Waals surface area contributed by atoms with E-state index in [1.54, 1.807) is 11.3 Å². The second-order valence-corrected chi connectivity index (χ2v) is 6.02. The summed E-state index contributed by atoms with van der Waals surface area (Å²) in [5, 5.41) is 11.2. The molecule has 0 aromatic carbocycles. The molecule has 3 heterocycles. The zero-order valence-electron chi connectivity index (χ0n) is 11.9. The van der Waals surface area contributed by atoms with E-state index in [4.69, 9.17) is 0 Å². The van der Waals surface area contributed by atoms with Crippen molar-refractivity contribution in [3.05, 3.63) is 45.9 Å². The summed E-state index contributed by atoms with van der Waals surface area (Å²) in [5.74, 6) is 0. The van der Waals surface area contributed by atoms with Crippen LogP contribution in [0.25, 0.3) is 11.0 Å². The van der Waals surface area contributed by atoms with E-state index in [2.05, 4.69) is 45.9 Å². The Morgan fingerprint density at radius 1 is 1.45 bits per heavy atom. The molecule has 0 saturated heterocycles. The van der Waals surface area contributed by atoms with Gasteiger partial charge in [-0.2, -0.15) is 5.10 Å². The average molecular weight is 286 g/mol. The number of rotatable bonds is 4. The molecule has 3 aromatic rings. The Balaban J connectivity index is 1.76. The molecule has 1 N–H and O–H groups in total. The Labute approximate surface area is 122 Å². The normalized spacial score (nSPS) is 12.9. The summed E-state index contributed by atoms with van der Waals surface area (Å²) < 4.78 is 1.83. The van der Waals surface area contributed by atoms with Crippen LogP contribution >= 0.6 is 11.3 Å². The van der Waals surface area contributed by atoms with Gasteiger partial charge in [-0.15, -0.1) is 11.3 Å². The molecule has 0 fully saturated rings. The Kier molecular flexibility index (Phi) is 3.54. The Morgan fingerprint density at radius 3 is 3.05 bits per heavy atom. The Bertz CT molecular complexity index is 715. The molecule has 0 spiro atoms. The number of aryl methyl sites for hydroxylation is 2. The van der Waals surface area contributed by atoms with Crippen LogP contribution in [0.15, 0.2) is 29.8 Å². The highest BCUT2D eigenvalue weighted by molar-refractivity contribution is 7.10. The largest absolute Gasteiger partial charge is 0.305 e. The minimum atomic E-state index is 0.362. The van der Waals surface area contributed by atoms with Crippen LogP contribution < -0.4 is 5.32 Å². The monoisotopic (exact) mass is 286 g/mol. The van der Waals surface area contributed by atoms with E-state index in [1.807, 2.05) is 24.9 Å². The molecule has 0 unspecified atom stereocenters. The molecule has 0 saturated carbocycles. The lowest BCUT2D eigenvalue weighted by Crippen LogP contribution is -2.17. The number of aromatic nitrogens is 3. The van der Waals surface area contributed by atoms with Crippen molar-refractivity contribution >= 4 is 22.4 Å². The van der Waals surface area contributed by atoms with Crippen LogP contribution in [0.4, 0.5) is 0 Å². The van der Waals surface area contributed by atoms with E-state index in [1.165, 1.54) is 10.4 Å². The summed E-state index contributed by atoms with van der Waals surface area (Å²) in [6.45, 7) is 5.03. The maximum Gasteiger partial charge on any atom is 0.157 e. The second kappa shape index (κ2) is 5.34. The van der Waals surface area contributed by atoms with Crippen LogP contribution in [0.2, 0.25) is 0 Å². The van der Waals surface area contributed by atoms with Crippen LogP contribution in [-0.4, -0.2) is 14.8 Å². The van der Waals surface area contributed by atoms with Gasteiger partial charge in [0.1, 0.15) is 0 Å². The van der Waals surface area contributed by atoms with Crippen molar-refractivity contribution in [3.8, 4) is 0 Å². The third-order valence-electron chi connectivity index (χ3n) is 3.50. The number of nitrogens with zero attached hydrogens (tertiary/aromatic N) is 3. The molecule has 3 aromatic heterocycles. The van der Waals surface area contributed by atoms with Gasteiger partial charge in [0, 0.05) is 36.1 Å². The summed E-state index contributed by atoms with van der Waals surface area (Å²) in [6.07, 6.45) is 1.93. The van der Waals surface area contributed by atoms with Crippen LogP contribution in [-0.2, 0) is 13.6 Å². The van der Waals surface area contributed by atoms with Gasteiger partial charge in [-0.1, -0.05) is 6.07 Å². The summed E-state index contributed by atoms with van der Waals surface area (Å²) in [6, 6.07) is 6.79. The maximum absolute atomic E-state index is 4.51. The SMILES string of the molecule is Cc1nn(C)c2ncc(CN[C@@H](C)c3cccs3)cc12. The van der Waals surface area contributed by atoms with Crippen LogP contribution in [0, 0.1) is 6.92 Å². The Morgan fingerprint density at radius 2 is 2.30 bits per heavy atom. The maximum atomic E-state index is 4.51. The molecule has 0 bridgehead atoms. The topological polar surface area (TPSA) is 42.7 Å². The van der Waals surface area contributed by atoms with Gasteiger partial charge in [0.25, 0.3) is 0 Å². The highest BCUT2D eigenvalue weighted by atomic mass is 32.1. The predicted octanol–water partition coefficient (Wildman–Crippen LogP) is 3.19. The van der Waals surface area contributed by atoms with Crippen molar-refractivity contribution in [2.45, 2.75) is 26.4 Å². The van der Waals surface area contributed by atoms with E-state index in [9.17, 15) is 0 Å². The highest BCUT2D eigenvalue weighted by Crippen LogP contribution is 2.20. The fraction of sp³-hybridized carbons (Fsp3) is 0.333. The molecule has 0 aliphatic heterocycles. The van der Waals surface area contributed by atoms with Crippen molar-refractivity contribution in [1.29, 1.82) is 0 Å². The minimum absolute atomic E-state index is 0.362. The van der Waals surface area contributed by atoms with Gasteiger partial charge < -0.3 is 5.32 Å². The number of fused-ring (bicyclic) bond motifs is 1. The molecule has 0 aliphatic rings. The number of pyridine rings is 1. The quantitative estimate of drug-likeness (QED) is 0.801. The number of thiophene rings is 1. The van der Waals surface area contributed by atoms with Crippen molar-refractivity contribution in [3.63, 3.8) is 0 Å². The van der Waals surface area contributed by atoms with E-state index in [-0.39, 0.29) is 0 Å². The first-order valence-corrected chi connectivity index (χ1v) is 7.58. The van der Waals surface area contributed by atoms with Gasteiger partial charge in [0.2, 0.25) is 0 Å². The lowest BCUT2D eigenvalue weighted by molar-refractivity contribution is 0.582. The van der Waals surface area contributed by atoms with E-state index in [0.717, 1.165) is 23.3 Å². The number of hydrogen-bond acceptors (Lipinski definition) is 4. The van der Waals surface area contributed by atoms with Crippen molar-refractivity contribution in [2.24, 2.45) is 7.05 Å². The third-order valence-corrected chi connectivity index (χ3v) is 4.56. The average Bonchev–Trinajstić information content (AvgIpc) is 3.06. The zero-order chi connectivity index (χ0) is 14.1. The van der Waals surface area contributed by atoms with Crippen molar-refractivity contribution < 1.29 is 0 Å². The minimum Gasteiger partial charge on any atom is -0.305 e. The summed E-state index contributed by atoms with van der Waals surface area (Å²) in [4.78, 5) is 5.86. The first-order valence-electron chi connectivity index (χ1n) is 6.70. The van der Waals surface area contributed by atoms with Gasteiger partial charge in [-0.05, 0) is 36.9 Å². The van der Waals surface area contributed by atoms with E-state index in [0.29, 0.717) is 6.04 Å². The molecule has 0 aliphatic carbocycles. The first kappa shape index (κ1) is 13.3. The third kappa shape index (κ3) is 2.46.